The van der Waals surface area contributed by atoms with Crippen LogP contribution in [0.2, 0.25) is 0 Å². The van der Waals surface area contributed by atoms with E-state index in [1.165, 1.54) is 9.80 Å². The van der Waals surface area contributed by atoms with Gasteiger partial charge in [0.05, 0.1) is 14.2 Å². The molecule has 4 rings (SSSR count). The van der Waals surface area contributed by atoms with Gasteiger partial charge in [0.1, 0.15) is 23.6 Å². The predicted octanol–water partition coefficient (Wildman–Crippen LogP) is 5.22. The molecule has 0 aliphatic carbocycles. The fourth-order valence-corrected chi connectivity index (χ4v) is 5.19. The number of methoxy groups -OCH3 is 2. The van der Waals surface area contributed by atoms with E-state index in [0.29, 0.717) is 35.7 Å². The minimum absolute atomic E-state index is 0. The lowest BCUT2D eigenvalue weighted by Crippen LogP contribution is -2.48. The molecule has 258 valence electrons. The van der Waals surface area contributed by atoms with Gasteiger partial charge in [0.25, 0.3) is 0 Å². The largest absolute Gasteiger partial charge is 0.497 e. The zero-order valence-electron chi connectivity index (χ0n) is 28.2. The number of likely N-dealkylation sites (N-methyl/N-ethyl adjacent to an activating group) is 2. The summed E-state index contributed by atoms with van der Waals surface area (Å²) in [5.41, 5.74) is 3.13. The fourth-order valence-electron chi connectivity index (χ4n) is 5.19. The van der Waals surface area contributed by atoms with Crippen molar-refractivity contribution >= 4 is 35.0 Å². The molecule has 10 heteroatoms. The summed E-state index contributed by atoms with van der Waals surface area (Å²) in [6, 6.07) is 31.2. The number of carbonyl (C=O) groups excluding carboxylic acids is 4. The standard InChI is InChI=1S/C39H42N4O6.2H2/c1-42(30-16-20-32(48-3)21-17-30)38(46)34(24-15-28-11-7-5-8-12-28)40-36(44)25-26-37(45)41-35(27-29-13-9-6-10-14-29)39(47)43(2)31-18-22-33(49-4)23-19-31;;/h5-14,16-23,25-26,34-35H,15,24,27H2,1-4H3,(H,40,44)(H,41,45);2*1H/b26-25+;;/t34-,35-;;/m0../s1. The number of hydrogen-bond acceptors (Lipinski definition) is 6. The van der Waals surface area contributed by atoms with Crippen molar-refractivity contribution in [2.75, 3.05) is 38.1 Å². The van der Waals surface area contributed by atoms with E-state index >= 15 is 0 Å². The van der Waals surface area contributed by atoms with Gasteiger partial charge < -0.3 is 29.9 Å². The predicted molar refractivity (Wildman–Crippen MR) is 195 cm³/mol. The second-order valence-electron chi connectivity index (χ2n) is 11.4. The summed E-state index contributed by atoms with van der Waals surface area (Å²) in [5, 5.41) is 5.53. The minimum atomic E-state index is -0.923. The third-order valence-electron chi connectivity index (χ3n) is 8.04. The molecule has 0 aliphatic heterocycles. The van der Waals surface area contributed by atoms with Crippen molar-refractivity contribution in [1.82, 2.24) is 10.6 Å². The Morgan fingerprint density at radius 2 is 1.02 bits per heavy atom. The highest BCUT2D eigenvalue weighted by atomic mass is 16.5. The number of amides is 4. The Morgan fingerprint density at radius 1 is 0.612 bits per heavy atom. The average Bonchev–Trinajstić information content (AvgIpc) is 3.15. The van der Waals surface area contributed by atoms with Gasteiger partial charge in [-0.1, -0.05) is 60.7 Å². The minimum Gasteiger partial charge on any atom is -0.497 e. The summed E-state index contributed by atoms with van der Waals surface area (Å²) < 4.78 is 10.4. The van der Waals surface area contributed by atoms with Gasteiger partial charge in [-0.25, -0.2) is 0 Å². The topological polar surface area (TPSA) is 117 Å². The molecule has 0 radical (unpaired) electrons. The average molecular weight is 667 g/mol. The Morgan fingerprint density at radius 3 is 1.47 bits per heavy atom. The second-order valence-corrected chi connectivity index (χ2v) is 11.4. The maximum absolute atomic E-state index is 13.6. The first kappa shape index (κ1) is 35.9. The highest BCUT2D eigenvalue weighted by Crippen LogP contribution is 2.21. The summed E-state index contributed by atoms with van der Waals surface area (Å²) in [7, 11) is 6.40. The summed E-state index contributed by atoms with van der Waals surface area (Å²) in [4.78, 5) is 56.4. The van der Waals surface area contributed by atoms with Gasteiger partial charge in [-0.15, -0.1) is 0 Å². The number of anilines is 2. The number of nitrogens with one attached hydrogen (secondary N) is 2. The first-order chi connectivity index (χ1) is 23.7. The zero-order valence-corrected chi connectivity index (χ0v) is 28.2. The number of carbonyl (C=O) groups is 4. The summed E-state index contributed by atoms with van der Waals surface area (Å²) >= 11 is 0. The van der Waals surface area contributed by atoms with Gasteiger partial charge >= 0.3 is 0 Å². The van der Waals surface area contributed by atoms with E-state index < -0.39 is 23.9 Å². The molecule has 0 spiro atoms. The Balaban J connectivity index is 0.00000451. The van der Waals surface area contributed by atoms with Crippen LogP contribution >= 0.6 is 0 Å². The molecule has 0 fully saturated rings. The highest BCUT2D eigenvalue weighted by Gasteiger charge is 2.26. The molecule has 0 saturated heterocycles. The van der Waals surface area contributed by atoms with Crippen molar-refractivity contribution in [2.24, 2.45) is 0 Å². The molecule has 10 nitrogen and oxygen atoms in total. The molecular formula is C39H46N4O6. The van der Waals surface area contributed by atoms with E-state index in [-0.39, 0.29) is 21.1 Å². The molecular weight excluding hydrogens is 620 g/mol. The van der Waals surface area contributed by atoms with E-state index in [0.717, 1.165) is 23.3 Å². The SMILES string of the molecule is COc1ccc(N(C)C(=O)[C@H](CCc2ccccc2)NC(=O)/C=C/C(=O)N[C@@H](Cc2ccccc2)C(=O)N(C)c2ccc(OC)cc2)cc1.[HH].[HH]. The van der Waals surface area contributed by atoms with Gasteiger partial charge in [-0.2, -0.15) is 0 Å². The van der Waals surface area contributed by atoms with Crippen LogP contribution in [-0.2, 0) is 32.0 Å². The number of rotatable bonds is 15. The smallest absolute Gasteiger partial charge is 0.249 e. The highest BCUT2D eigenvalue weighted by molar-refractivity contribution is 6.04. The van der Waals surface area contributed by atoms with E-state index in [1.54, 1.807) is 76.8 Å². The van der Waals surface area contributed by atoms with Crippen molar-refractivity contribution in [2.45, 2.75) is 31.3 Å². The molecule has 2 N–H and O–H groups in total. The Kier molecular flexibility index (Phi) is 13.1. The van der Waals surface area contributed by atoms with Gasteiger partial charge in [0.15, 0.2) is 0 Å². The lowest BCUT2D eigenvalue weighted by molar-refractivity contribution is -0.125. The fraction of sp³-hybridized carbons (Fsp3) is 0.231. The summed E-state index contributed by atoms with van der Waals surface area (Å²) in [6.45, 7) is 0. The lowest BCUT2D eigenvalue weighted by Gasteiger charge is -2.25. The van der Waals surface area contributed by atoms with Crippen LogP contribution in [0, 0.1) is 0 Å². The van der Waals surface area contributed by atoms with E-state index in [9.17, 15) is 19.2 Å². The number of nitrogens with zero attached hydrogens (tertiary/aromatic N) is 2. The van der Waals surface area contributed by atoms with Crippen LogP contribution in [0.1, 0.15) is 20.4 Å². The zero-order chi connectivity index (χ0) is 35.2. The Bertz CT molecular complexity index is 1720. The van der Waals surface area contributed by atoms with Crippen LogP contribution in [0.25, 0.3) is 0 Å². The van der Waals surface area contributed by atoms with Crippen LogP contribution in [0.3, 0.4) is 0 Å². The first-order valence-electron chi connectivity index (χ1n) is 15.9. The Labute approximate surface area is 290 Å². The normalized spacial score (nSPS) is 12.0. The molecule has 0 aromatic heterocycles. The van der Waals surface area contributed by atoms with Crippen LogP contribution in [0.5, 0.6) is 11.5 Å². The maximum atomic E-state index is 13.6. The molecule has 0 unspecified atom stereocenters. The number of benzene rings is 4. The molecule has 4 aromatic rings. The van der Waals surface area contributed by atoms with Crippen molar-refractivity contribution in [3.8, 4) is 11.5 Å². The molecule has 0 aliphatic rings. The van der Waals surface area contributed by atoms with Crippen LogP contribution in [0.4, 0.5) is 11.4 Å². The van der Waals surface area contributed by atoms with Crippen LogP contribution < -0.4 is 29.9 Å². The number of aryl methyl sites for hydroxylation is 1. The third-order valence-corrected chi connectivity index (χ3v) is 8.04. The van der Waals surface area contributed by atoms with Crippen molar-refractivity contribution in [1.29, 1.82) is 0 Å². The van der Waals surface area contributed by atoms with Gasteiger partial charge in [0.2, 0.25) is 23.6 Å². The molecule has 4 aromatic carbocycles. The molecule has 49 heavy (non-hydrogen) atoms. The molecule has 0 heterocycles. The summed E-state index contributed by atoms with van der Waals surface area (Å²) in [6.07, 6.45) is 3.26. The van der Waals surface area contributed by atoms with Gasteiger partial charge in [0, 0.05) is 46.9 Å². The second kappa shape index (κ2) is 17.9. The lowest BCUT2D eigenvalue weighted by atomic mass is 10.0. The monoisotopic (exact) mass is 666 g/mol. The van der Waals surface area contributed by atoms with E-state index in [1.807, 2.05) is 60.7 Å². The van der Waals surface area contributed by atoms with Crippen molar-refractivity contribution in [3.63, 3.8) is 0 Å². The van der Waals surface area contributed by atoms with Crippen LogP contribution in [0.15, 0.2) is 121 Å². The van der Waals surface area contributed by atoms with Crippen molar-refractivity contribution in [3.05, 3.63) is 132 Å². The number of hydrogen-bond donors (Lipinski definition) is 2. The van der Waals surface area contributed by atoms with Crippen LogP contribution in [-0.4, -0.2) is 64.0 Å². The Hall–Kier alpha value is -5.90. The molecule has 0 saturated carbocycles. The molecule has 2 atom stereocenters. The van der Waals surface area contributed by atoms with Gasteiger partial charge in [-0.3, -0.25) is 19.2 Å². The number of ether oxygens (including phenoxy) is 2. The summed E-state index contributed by atoms with van der Waals surface area (Å²) in [5.74, 6) is -0.600. The van der Waals surface area contributed by atoms with Gasteiger partial charge in [-0.05, 0) is 72.5 Å². The third kappa shape index (κ3) is 10.6. The quantitative estimate of drug-likeness (QED) is 0.168. The van der Waals surface area contributed by atoms with E-state index in [2.05, 4.69) is 10.6 Å². The first-order valence-corrected chi connectivity index (χ1v) is 15.9. The molecule has 4 amide bonds. The van der Waals surface area contributed by atoms with Crippen molar-refractivity contribution < 1.29 is 31.5 Å². The molecule has 0 bridgehead atoms. The van der Waals surface area contributed by atoms with E-state index in [4.69, 9.17) is 9.47 Å². The maximum Gasteiger partial charge on any atom is 0.249 e.